The molecule has 0 aliphatic heterocycles. The largest absolute Gasteiger partial charge is 0.264 e. The number of benzene rings is 1. The van der Waals surface area contributed by atoms with Crippen molar-refractivity contribution in [2.24, 2.45) is 0 Å². The highest BCUT2D eigenvalue weighted by atomic mass is 79.9. The van der Waals surface area contributed by atoms with Gasteiger partial charge in [0.05, 0.1) is 0 Å². The van der Waals surface area contributed by atoms with Crippen molar-refractivity contribution in [1.82, 2.24) is 0 Å². The molecule has 84 valence electrons. The lowest BCUT2D eigenvalue weighted by Crippen LogP contribution is -1.95. The van der Waals surface area contributed by atoms with Crippen molar-refractivity contribution in [1.29, 1.82) is 0 Å². The second-order valence-electron chi connectivity index (χ2n) is 3.26. The summed E-state index contributed by atoms with van der Waals surface area (Å²) >= 11 is 6.54. The lowest BCUT2D eigenvalue weighted by molar-refractivity contribution is 0.150. The SMILES string of the molecule is FC(F)c1cc(CCCBr)ccc1CBr. The van der Waals surface area contributed by atoms with Gasteiger partial charge in [-0.05, 0) is 30.0 Å². The summed E-state index contributed by atoms with van der Waals surface area (Å²) in [6.07, 6.45) is -0.578. The van der Waals surface area contributed by atoms with Crippen LogP contribution in [0.5, 0.6) is 0 Å². The molecule has 1 aromatic carbocycles. The highest BCUT2D eigenvalue weighted by molar-refractivity contribution is 9.09. The van der Waals surface area contributed by atoms with Crippen LogP contribution >= 0.6 is 31.9 Å². The third-order valence-electron chi connectivity index (χ3n) is 2.19. The van der Waals surface area contributed by atoms with E-state index in [9.17, 15) is 8.78 Å². The zero-order chi connectivity index (χ0) is 11.3. The highest BCUT2D eigenvalue weighted by Crippen LogP contribution is 2.26. The minimum absolute atomic E-state index is 0.152. The molecular weight excluding hydrogens is 330 g/mol. The molecule has 0 N–H and O–H groups in total. The van der Waals surface area contributed by atoms with Gasteiger partial charge in [-0.3, -0.25) is 0 Å². The molecule has 0 unspecified atom stereocenters. The quantitative estimate of drug-likeness (QED) is 0.672. The lowest BCUT2D eigenvalue weighted by Gasteiger charge is -2.08. The van der Waals surface area contributed by atoms with E-state index in [0.29, 0.717) is 10.9 Å². The molecular formula is C11H12Br2F2. The zero-order valence-electron chi connectivity index (χ0n) is 8.15. The Morgan fingerprint density at radius 1 is 1.20 bits per heavy atom. The van der Waals surface area contributed by atoms with Crippen LogP contribution < -0.4 is 0 Å². The number of alkyl halides is 4. The summed E-state index contributed by atoms with van der Waals surface area (Å²) in [6.45, 7) is 0. The lowest BCUT2D eigenvalue weighted by atomic mass is 10.0. The maximum absolute atomic E-state index is 12.7. The fourth-order valence-corrected chi connectivity index (χ4v) is 2.19. The zero-order valence-corrected chi connectivity index (χ0v) is 11.3. The minimum Gasteiger partial charge on any atom is -0.205 e. The average Bonchev–Trinajstić information content (AvgIpc) is 2.25. The summed E-state index contributed by atoms with van der Waals surface area (Å²) in [4.78, 5) is 0. The van der Waals surface area contributed by atoms with Crippen molar-refractivity contribution >= 4 is 31.9 Å². The summed E-state index contributed by atoms with van der Waals surface area (Å²) in [7, 11) is 0. The van der Waals surface area contributed by atoms with E-state index < -0.39 is 6.43 Å². The van der Waals surface area contributed by atoms with E-state index in [-0.39, 0.29) is 5.56 Å². The van der Waals surface area contributed by atoms with Crippen molar-refractivity contribution in [2.45, 2.75) is 24.6 Å². The van der Waals surface area contributed by atoms with Gasteiger partial charge in [0.15, 0.2) is 0 Å². The normalized spacial score (nSPS) is 11.0. The second-order valence-corrected chi connectivity index (χ2v) is 4.61. The van der Waals surface area contributed by atoms with Gasteiger partial charge in [-0.1, -0.05) is 44.0 Å². The third kappa shape index (κ3) is 3.83. The molecule has 0 bridgehead atoms. The highest BCUT2D eigenvalue weighted by Gasteiger charge is 2.12. The van der Waals surface area contributed by atoms with Gasteiger partial charge >= 0.3 is 0 Å². The van der Waals surface area contributed by atoms with E-state index in [1.165, 1.54) is 0 Å². The molecule has 4 heteroatoms. The van der Waals surface area contributed by atoms with Crippen LogP contribution in [0.4, 0.5) is 8.78 Å². The average molecular weight is 342 g/mol. The first-order valence-electron chi connectivity index (χ1n) is 4.70. The summed E-state index contributed by atoms with van der Waals surface area (Å²) < 4.78 is 25.4. The maximum Gasteiger partial charge on any atom is 0.264 e. The molecule has 0 aliphatic rings. The first-order valence-corrected chi connectivity index (χ1v) is 6.95. The van der Waals surface area contributed by atoms with E-state index in [2.05, 4.69) is 31.9 Å². The van der Waals surface area contributed by atoms with E-state index in [0.717, 1.165) is 23.7 Å². The smallest absolute Gasteiger partial charge is 0.205 e. The van der Waals surface area contributed by atoms with Crippen LogP contribution in [0.2, 0.25) is 0 Å². The third-order valence-corrected chi connectivity index (χ3v) is 3.35. The van der Waals surface area contributed by atoms with E-state index in [4.69, 9.17) is 0 Å². The van der Waals surface area contributed by atoms with Gasteiger partial charge in [0.25, 0.3) is 6.43 Å². The van der Waals surface area contributed by atoms with Crippen LogP contribution in [0, 0.1) is 0 Å². The Kier molecular flexibility index (Phi) is 5.75. The second kappa shape index (κ2) is 6.59. The molecule has 0 spiro atoms. The van der Waals surface area contributed by atoms with Crippen LogP contribution in [0.15, 0.2) is 18.2 Å². The van der Waals surface area contributed by atoms with Gasteiger partial charge in [-0.15, -0.1) is 0 Å². The summed E-state index contributed by atoms with van der Waals surface area (Å²) in [5, 5.41) is 1.38. The molecule has 1 rings (SSSR count). The predicted octanol–water partition coefficient (Wildman–Crippen LogP) is 4.85. The molecule has 0 radical (unpaired) electrons. The number of hydrogen-bond donors (Lipinski definition) is 0. The van der Waals surface area contributed by atoms with Gasteiger partial charge in [0.1, 0.15) is 0 Å². The molecule has 0 heterocycles. The van der Waals surface area contributed by atoms with Crippen LogP contribution in [-0.2, 0) is 11.8 Å². The molecule has 0 aliphatic carbocycles. The molecule has 0 saturated carbocycles. The minimum atomic E-state index is -2.39. The number of rotatable bonds is 5. The van der Waals surface area contributed by atoms with Crippen LogP contribution in [0.3, 0.4) is 0 Å². The maximum atomic E-state index is 12.7. The summed E-state index contributed by atoms with van der Waals surface area (Å²) in [5.74, 6) is 0. The molecule has 0 saturated heterocycles. The van der Waals surface area contributed by atoms with Gasteiger partial charge < -0.3 is 0 Å². The number of halogens is 4. The standard InChI is InChI=1S/C11H12Br2F2/c12-5-1-2-8-3-4-9(7-13)10(6-8)11(14)15/h3-4,6,11H,1-2,5,7H2. The molecule has 0 aromatic heterocycles. The first-order chi connectivity index (χ1) is 7.19. The van der Waals surface area contributed by atoms with Gasteiger partial charge in [-0.2, -0.15) is 0 Å². The Morgan fingerprint density at radius 2 is 1.93 bits per heavy atom. The van der Waals surface area contributed by atoms with Crippen molar-refractivity contribution in [3.63, 3.8) is 0 Å². The van der Waals surface area contributed by atoms with Gasteiger partial charge in [0, 0.05) is 16.2 Å². The molecule has 0 atom stereocenters. The molecule has 1 aromatic rings. The van der Waals surface area contributed by atoms with Crippen molar-refractivity contribution < 1.29 is 8.78 Å². The van der Waals surface area contributed by atoms with E-state index in [1.807, 2.05) is 6.07 Å². The fourth-order valence-electron chi connectivity index (χ4n) is 1.40. The van der Waals surface area contributed by atoms with E-state index >= 15 is 0 Å². The monoisotopic (exact) mass is 340 g/mol. The van der Waals surface area contributed by atoms with Crippen LogP contribution in [0.25, 0.3) is 0 Å². The molecule has 0 nitrogen and oxygen atoms in total. The van der Waals surface area contributed by atoms with Crippen LogP contribution in [0.1, 0.15) is 29.5 Å². The van der Waals surface area contributed by atoms with Crippen molar-refractivity contribution in [3.8, 4) is 0 Å². The molecule has 0 fully saturated rings. The Morgan fingerprint density at radius 3 is 2.47 bits per heavy atom. The van der Waals surface area contributed by atoms with Crippen molar-refractivity contribution in [3.05, 3.63) is 34.9 Å². The summed E-state index contributed by atoms with van der Waals surface area (Å²) in [5.41, 5.74) is 1.81. The molecule has 0 amide bonds. The fraction of sp³-hybridized carbons (Fsp3) is 0.455. The van der Waals surface area contributed by atoms with Crippen LogP contribution in [-0.4, -0.2) is 5.33 Å². The Hall–Kier alpha value is 0.0400. The number of aryl methyl sites for hydroxylation is 1. The van der Waals surface area contributed by atoms with E-state index in [1.54, 1.807) is 12.1 Å². The summed E-state index contributed by atoms with van der Waals surface area (Å²) in [6, 6.07) is 5.31. The Bertz CT molecular complexity index is 313. The topological polar surface area (TPSA) is 0 Å². The van der Waals surface area contributed by atoms with Crippen molar-refractivity contribution in [2.75, 3.05) is 5.33 Å². The van der Waals surface area contributed by atoms with Gasteiger partial charge in [0.2, 0.25) is 0 Å². The van der Waals surface area contributed by atoms with Gasteiger partial charge in [-0.25, -0.2) is 8.78 Å². The Labute approximate surface area is 105 Å². The predicted molar refractivity (Wildman–Crippen MR) is 66.1 cm³/mol. The number of hydrogen-bond acceptors (Lipinski definition) is 0. The Balaban J connectivity index is 2.89. The first kappa shape index (κ1) is 13.1. The molecule has 15 heavy (non-hydrogen) atoms.